The third kappa shape index (κ3) is 2.27. The van der Waals surface area contributed by atoms with Crippen molar-refractivity contribution in [3.05, 3.63) is 0 Å². The molecular weight excluding hydrogens is 284 g/mol. The summed E-state index contributed by atoms with van der Waals surface area (Å²) in [4.78, 5) is 0. The second kappa shape index (κ2) is 5.46. The Morgan fingerprint density at radius 3 is 2.30 bits per heavy atom. The fourth-order valence-electron chi connectivity index (χ4n) is 8.07. The molecule has 23 heavy (non-hydrogen) atoms. The second-order valence-corrected chi connectivity index (χ2v) is 10.1. The first-order valence-corrected chi connectivity index (χ1v) is 10.2. The number of hydrogen-bond acceptors (Lipinski definition) is 2. The van der Waals surface area contributed by atoms with Crippen LogP contribution in [0.1, 0.15) is 78.6 Å². The molecule has 4 fully saturated rings. The maximum Gasteiger partial charge on any atom is 0.0545 e. The molecule has 0 heterocycles. The Labute approximate surface area is 142 Å². The molecule has 0 aromatic rings. The molecule has 4 aliphatic carbocycles. The first kappa shape index (κ1) is 16.4. The van der Waals surface area contributed by atoms with Gasteiger partial charge in [-0.2, -0.15) is 0 Å². The Morgan fingerprint density at radius 1 is 0.870 bits per heavy atom. The average Bonchev–Trinajstić information content (AvgIpc) is 2.85. The van der Waals surface area contributed by atoms with Crippen LogP contribution in [-0.2, 0) is 0 Å². The van der Waals surface area contributed by atoms with Gasteiger partial charge in [0.25, 0.3) is 0 Å². The van der Waals surface area contributed by atoms with Gasteiger partial charge in [0.05, 0.1) is 12.2 Å². The summed E-state index contributed by atoms with van der Waals surface area (Å²) >= 11 is 0. The molecule has 4 aliphatic rings. The molecule has 0 bridgehead atoms. The van der Waals surface area contributed by atoms with Crippen molar-refractivity contribution in [3.8, 4) is 0 Å². The maximum atomic E-state index is 10.3. The topological polar surface area (TPSA) is 40.5 Å². The summed E-state index contributed by atoms with van der Waals surface area (Å²) in [6.45, 7) is 7.08. The summed E-state index contributed by atoms with van der Waals surface area (Å²) in [5.41, 5.74) is 0.860. The van der Waals surface area contributed by atoms with Gasteiger partial charge in [-0.3, -0.25) is 0 Å². The molecule has 4 saturated carbocycles. The van der Waals surface area contributed by atoms with Gasteiger partial charge in [0.1, 0.15) is 0 Å². The summed E-state index contributed by atoms with van der Waals surface area (Å²) in [6.07, 6.45) is 11.1. The van der Waals surface area contributed by atoms with Crippen LogP contribution in [0.4, 0.5) is 0 Å². The Balaban J connectivity index is 1.60. The van der Waals surface area contributed by atoms with Gasteiger partial charge in [-0.05, 0) is 105 Å². The molecule has 4 rings (SSSR count). The lowest BCUT2D eigenvalue weighted by Crippen LogP contribution is -2.54. The molecule has 2 heteroatoms. The van der Waals surface area contributed by atoms with Crippen LogP contribution >= 0.6 is 0 Å². The molecule has 2 nitrogen and oxygen atoms in total. The van der Waals surface area contributed by atoms with Crippen molar-refractivity contribution in [2.24, 2.45) is 40.4 Å². The summed E-state index contributed by atoms with van der Waals surface area (Å²) in [6, 6.07) is 0. The zero-order valence-electron chi connectivity index (χ0n) is 15.3. The number of aliphatic hydroxyl groups is 2. The Morgan fingerprint density at radius 2 is 1.57 bits per heavy atom. The summed E-state index contributed by atoms with van der Waals surface area (Å²) in [7, 11) is 0. The average molecular weight is 321 g/mol. The van der Waals surface area contributed by atoms with Crippen molar-refractivity contribution < 1.29 is 10.2 Å². The first-order chi connectivity index (χ1) is 10.9. The Kier molecular flexibility index (Phi) is 3.89. The van der Waals surface area contributed by atoms with Crippen LogP contribution in [-0.4, -0.2) is 22.4 Å². The number of fused-ring (bicyclic) bond motifs is 5. The van der Waals surface area contributed by atoms with Crippen molar-refractivity contribution >= 4 is 0 Å². The van der Waals surface area contributed by atoms with Crippen molar-refractivity contribution in [3.63, 3.8) is 0 Å². The number of rotatable bonds is 1. The Bertz CT molecular complexity index is 461. The third-order valence-corrected chi connectivity index (χ3v) is 9.29. The van der Waals surface area contributed by atoms with Gasteiger partial charge in [-0.15, -0.1) is 0 Å². The van der Waals surface area contributed by atoms with Crippen LogP contribution in [0.2, 0.25) is 0 Å². The highest BCUT2D eigenvalue weighted by Gasteiger charge is 2.60. The molecule has 2 N–H and O–H groups in total. The van der Waals surface area contributed by atoms with Crippen molar-refractivity contribution in [1.82, 2.24) is 0 Å². The van der Waals surface area contributed by atoms with Crippen LogP contribution in [0, 0.1) is 40.4 Å². The first-order valence-electron chi connectivity index (χ1n) is 10.2. The molecule has 132 valence electrons. The van der Waals surface area contributed by atoms with Gasteiger partial charge in [0.15, 0.2) is 0 Å². The molecule has 7 unspecified atom stereocenters. The van der Waals surface area contributed by atoms with Gasteiger partial charge in [-0.25, -0.2) is 0 Å². The summed E-state index contributed by atoms with van der Waals surface area (Å²) in [5, 5.41) is 20.4. The highest BCUT2D eigenvalue weighted by Crippen LogP contribution is 2.67. The molecule has 0 spiro atoms. The van der Waals surface area contributed by atoms with E-state index >= 15 is 0 Å². The van der Waals surface area contributed by atoms with E-state index < -0.39 is 0 Å². The monoisotopic (exact) mass is 320 g/mol. The van der Waals surface area contributed by atoms with Gasteiger partial charge in [0, 0.05) is 0 Å². The highest BCUT2D eigenvalue weighted by atomic mass is 16.3. The van der Waals surface area contributed by atoms with Crippen LogP contribution in [0.5, 0.6) is 0 Å². The van der Waals surface area contributed by atoms with E-state index in [1.54, 1.807) is 0 Å². The second-order valence-electron chi connectivity index (χ2n) is 10.1. The predicted molar refractivity (Wildman–Crippen MR) is 92.9 cm³/mol. The van der Waals surface area contributed by atoms with Gasteiger partial charge in [0.2, 0.25) is 0 Å². The van der Waals surface area contributed by atoms with Crippen molar-refractivity contribution in [2.75, 3.05) is 0 Å². The fourth-order valence-corrected chi connectivity index (χ4v) is 8.07. The smallest absolute Gasteiger partial charge is 0.0545 e. The van der Waals surface area contributed by atoms with Crippen molar-refractivity contribution in [1.29, 1.82) is 0 Å². The van der Waals surface area contributed by atoms with Gasteiger partial charge >= 0.3 is 0 Å². The van der Waals surface area contributed by atoms with Crippen LogP contribution in [0.15, 0.2) is 0 Å². The van der Waals surface area contributed by atoms with Crippen LogP contribution < -0.4 is 0 Å². The van der Waals surface area contributed by atoms with E-state index in [-0.39, 0.29) is 12.2 Å². The lowest BCUT2D eigenvalue weighted by atomic mass is 9.44. The van der Waals surface area contributed by atoms with Crippen LogP contribution in [0.3, 0.4) is 0 Å². The minimum Gasteiger partial charge on any atom is -0.393 e. The van der Waals surface area contributed by atoms with Gasteiger partial charge < -0.3 is 10.2 Å². The quantitative estimate of drug-likeness (QED) is 0.752. The van der Waals surface area contributed by atoms with E-state index in [0.717, 1.165) is 36.5 Å². The molecule has 0 aromatic heterocycles. The van der Waals surface area contributed by atoms with Crippen molar-refractivity contribution in [2.45, 2.75) is 90.8 Å². The Hall–Kier alpha value is -0.0800. The van der Waals surface area contributed by atoms with E-state index in [1.807, 2.05) is 6.92 Å². The van der Waals surface area contributed by atoms with E-state index in [0.29, 0.717) is 16.7 Å². The van der Waals surface area contributed by atoms with Crippen LogP contribution in [0.25, 0.3) is 0 Å². The molecule has 0 aromatic carbocycles. The minimum absolute atomic E-state index is 0.0374. The maximum absolute atomic E-state index is 10.3. The zero-order valence-corrected chi connectivity index (χ0v) is 15.3. The summed E-state index contributed by atoms with van der Waals surface area (Å²) < 4.78 is 0. The largest absolute Gasteiger partial charge is 0.393 e. The van der Waals surface area contributed by atoms with E-state index in [2.05, 4.69) is 13.8 Å². The standard InChI is InChI=1S/C21H36O2/c1-13(22)17-6-7-18-16-5-4-14-12-15(23)8-10-20(14,2)19(16)9-11-21(17,18)3/h13-19,22-23H,4-12H2,1-3H3/t13?,14-,15?,16?,17?,18?,19?,20+,21?/m1/s1. The highest BCUT2D eigenvalue weighted by molar-refractivity contribution is 5.09. The molecule has 0 saturated heterocycles. The molecule has 0 radical (unpaired) electrons. The SMILES string of the molecule is CC(O)C1CCC2C3CC[C@@H]4CC(O)CC[C@]4(C)C3CCC12C. The van der Waals surface area contributed by atoms with E-state index in [1.165, 1.54) is 44.9 Å². The molecular formula is C21H36O2. The van der Waals surface area contributed by atoms with E-state index in [4.69, 9.17) is 0 Å². The predicted octanol–water partition coefficient (Wildman–Crippen LogP) is 4.39. The third-order valence-electron chi connectivity index (χ3n) is 9.29. The normalized spacial score (nSPS) is 57.3. The number of aliphatic hydroxyl groups excluding tert-OH is 2. The molecule has 0 aliphatic heterocycles. The lowest BCUT2D eigenvalue weighted by Gasteiger charge is -2.61. The minimum atomic E-state index is -0.140. The fraction of sp³-hybridized carbons (Fsp3) is 1.00. The van der Waals surface area contributed by atoms with E-state index in [9.17, 15) is 10.2 Å². The molecule has 9 atom stereocenters. The summed E-state index contributed by atoms with van der Waals surface area (Å²) in [5.74, 6) is 3.87. The number of hydrogen-bond donors (Lipinski definition) is 2. The molecule has 0 amide bonds. The zero-order chi connectivity index (χ0) is 16.4. The lowest BCUT2D eigenvalue weighted by molar-refractivity contribution is -0.132. The van der Waals surface area contributed by atoms with Gasteiger partial charge in [-0.1, -0.05) is 13.8 Å².